The lowest BCUT2D eigenvalue weighted by Gasteiger charge is -2.36. The molecule has 1 amide bonds. The van der Waals surface area contributed by atoms with Gasteiger partial charge in [0.1, 0.15) is 6.10 Å². The summed E-state index contributed by atoms with van der Waals surface area (Å²) < 4.78 is 6.02. The Hall–Kier alpha value is -0.320. The van der Waals surface area contributed by atoms with E-state index < -0.39 is 0 Å². The van der Waals surface area contributed by atoms with Gasteiger partial charge in [-0.2, -0.15) is 0 Å². The molecule has 1 saturated heterocycles. The van der Waals surface area contributed by atoms with Gasteiger partial charge < -0.3 is 15.0 Å². The molecule has 2 atom stereocenters. The number of nitrogens with zero attached hydrogens (tertiary/aromatic N) is 1. The molecule has 0 radical (unpaired) electrons. The number of rotatable bonds is 3. The first kappa shape index (κ1) is 17.7. The van der Waals surface area contributed by atoms with Gasteiger partial charge in [-0.05, 0) is 26.7 Å². The molecule has 0 aromatic heterocycles. The van der Waals surface area contributed by atoms with E-state index in [0.717, 1.165) is 32.5 Å². The summed E-state index contributed by atoms with van der Waals surface area (Å²) >= 11 is 0. The molecule has 2 rings (SSSR count). The van der Waals surface area contributed by atoms with Crippen molar-refractivity contribution in [3.63, 3.8) is 0 Å². The van der Waals surface area contributed by atoms with Gasteiger partial charge in [-0.1, -0.05) is 25.7 Å². The number of hydrogen-bond acceptors (Lipinski definition) is 3. The third-order valence-electron chi connectivity index (χ3n) is 4.33. The van der Waals surface area contributed by atoms with Gasteiger partial charge in [0.05, 0.1) is 6.10 Å². The summed E-state index contributed by atoms with van der Waals surface area (Å²) in [5.74, 6) is 0.165. The molecule has 2 fully saturated rings. The van der Waals surface area contributed by atoms with Crippen LogP contribution in [0, 0.1) is 0 Å². The first-order valence-electron chi connectivity index (χ1n) is 7.85. The first-order chi connectivity index (χ1) is 9.18. The predicted molar refractivity (Wildman–Crippen MR) is 83.3 cm³/mol. The summed E-state index contributed by atoms with van der Waals surface area (Å²) in [6.07, 6.45) is 7.37. The van der Waals surface area contributed by atoms with Gasteiger partial charge in [0.15, 0.2) is 0 Å². The van der Waals surface area contributed by atoms with Crippen molar-refractivity contribution in [3.05, 3.63) is 0 Å². The van der Waals surface area contributed by atoms with Gasteiger partial charge in [-0.15, -0.1) is 12.4 Å². The highest BCUT2D eigenvalue weighted by Crippen LogP contribution is 2.21. The van der Waals surface area contributed by atoms with Gasteiger partial charge in [0.2, 0.25) is 0 Å². The predicted octanol–water partition coefficient (Wildman–Crippen LogP) is 2.36. The normalized spacial score (nSPS) is 26.5. The first-order valence-corrected chi connectivity index (χ1v) is 7.85. The molecule has 20 heavy (non-hydrogen) atoms. The van der Waals surface area contributed by atoms with Crippen LogP contribution >= 0.6 is 12.4 Å². The molecule has 0 aromatic carbocycles. The number of hydrogen-bond donors (Lipinski definition) is 1. The smallest absolute Gasteiger partial charge is 0.251 e. The van der Waals surface area contributed by atoms with E-state index in [4.69, 9.17) is 4.74 Å². The Morgan fingerprint density at radius 2 is 1.90 bits per heavy atom. The van der Waals surface area contributed by atoms with Crippen molar-refractivity contribution in [2.24, 2.45) is 0 Å². The van der Waals surface area contributed by atoms with Crippen molar-refractivity contribution >= 4 is 18.3 Å². The Morgan fingerprint density at radius 1 is 1.25 bits per heavy atom. The third-order valence-corrected chi connectivity index (χ3v) is 4.33. The van der Waals surface area contributed by atoms with Crippen LogP contribution < -0.4 is 5.32 Å². The van der Waals surface area contributed by atoms with Crippen LogP contribution in [0.1, 0.15) is 52.4 Å². The second-order valence-corrected chi connectivity index (χ2v) is 5.98. The van der Waals surface area contributed by atoms with Crippen LogP contribution in [-0.4, -0.2) is 48.7 Å². The highest BCUT2D eigenvalue weighted by molar-refractivity contribution is 5.85. The number of nitrogens with one attached hydrogen (secondary N) is 1. The zero-order valence-corrected chi connectivity index (χ0v) is 13.6. The molecule has 1 saturated carbocycles. The van der Waals surface area contributed by atoms with Crippen molar-refractivity contribution in [1.29, 1.82) is 0 Å². The van der Waals surface area contributed by atoms with E-state index in [-0.39, 0.29) is 30.5 Å². The Bertz CT molecular complexity index is 294. The molecule has 1 aliphatic heterocycles. The number of halogens is 1. The van der Waals surface area contributed by atoms with Crippen molar-refractivity contribution in [3.8, 4) is 0 Å². The summed E-state index contributed by atoms with van der Waals surface area (Å²) in [6, 6.07) is 0.279. The zero-order valence-electron chi connectivity index (χ0n) is 12.8. The standard InChI is InChI=1S/C15H28N2O2.ClH/c1-12-11-16-9-10-17(12)15(18)13(2)19-14-7-5-3-4-6-8-14;/h12-14,16H,3-11H2,1-2H3;1H. The van der Waals surface area contributed by atoms with Crippen molar-refractivity contribution in [2.75, 3.05) is 19.6 Å². The maximum absolute atomic E-state index is 12.4. The minimum absolute atomic E-state index is 0. The quantitative estimate of drug-likeness (QED) is 0.814. The summed E-state index contributed by atoms with van der Waals surface area (Å²) in [5.41, 5.74) is 0. The summed E-state index contributed by atoms with van der Waals surface area (Å²) in [7, 11) is 0. The van der Waals surface area contributed by atoms with Crippen LogP contribution in [0.3, 0.4) is 0 Å². The van der Waals surface area contributed by atoms with Crippen LogP contribution in [0.2, 0.25) is 0 Å². The Kier molecular flexibility index (Phi) is 7.85. The Balaban J connectivity index is 0.00000200. The van der Waals surface area contributed by atoms with Gasteiger partial charge >= 0.3 is 0 Å². The molecule has 1 heterocycles. The minimum atomic E-state index is -0.288. The Morgan fingerprint density at radius 3 is 2.50 bits per heavy atom. The minimum Gasteiger partial charge on any atom is -0.365 e. The second-order valence-electron chi connectivity index (χ2n) is 5.98. The van der Waals surface area contributed by atoms with E-state index in [0.29, 0.717) is 6.10 Å². The van der Waals surface area contributed by atoms with Crippen LogP contribution in [0.25, 0.3) is 0 Å². The number of ether oxygens (including phenoxy) is 1. The van der Waals surface area contributed by atoms with E-state index in [2.05, 4.69) is 12.2 Å². The molecule has 1 N–H and O–H groups in total. The number of carbonyl (C=O) groups is 1. The van der Waals surface area contributed by atoms with Crippen LogP contribution in [0.4, 0.5) is 0 Å². The fourth-order valence-corrected chi connectivity index (χ4v) is 3.13. The molecule has 0 bridgehead atoms. The molecule has 118 valence electrons. The average molecular weight is 305 g/mol. The largest absolute Gasteiger partial charge is 0.365 e. The van der Waals surface area contributed by atoms with Crippen molar-refractivity contribution in [2.45, 2.75) is 70.6 Å². The number of carbonyl (C=O) groups excluding carboxylic acids is 1. The average Bonchev–Trinajstić information content (AvgIpc) is 2.67. The van der Waals surface area contributed by atoms with E-state index in [9.17, 15) is 4.79 Å². The molecular weight excluding hydrogens is 276 g/mol. The highest BCUT2D eigenvalue weighted by Gasteiger charge is 2.29. The molecule has 0 spiro atoms. The van der Waals surface area contributed by atoms with Crippen LogP contribution in [0.5, 0.6) is 0 Å². The maximum atomic E-state index is 12.4. The molecule has 5 heteroatoms. The summed E-state index contributed by atoms with van der Waals surface area (Å²) in [5, 5.41) is 3.31. The van der Waals surface area contributed by atoms with Gasteiger partial charge in [0, 0.05) is 25.7 Å². The van der Waals surface area contributed by atoms with E-state index in [1.807, 2.05) is 11.8 Å². The van der Waals surface area contributed by atoms with Gasteiger partial charge in [0.25, 0.3) is 5.91 Å². The third kappa shape index (κ3) is 4.90. The zero-order chi connectivity index (χ0) is 13.7. The highest BCUT2D eigenvalue weighted by atomic mass is 35.5. The maximum Gasteiger partial charge on any atom is 0.251 e. The molecular formula is C15H29ClN2O2. The van der Waals surface area contributed by atoms with Crippen LogP contribution in [0.15, 0.2) is 0 Å². The SMILES string of the molecule is CC(OC1CCCCCC1)C(=O)N1CCNCC1C.Cl. The summed E-state index contributed by atoms with van der Waals surface area (Å²) in [6.45, 7) is 6.61. The summed E-state index contributed by atoms with van der Waals surface area (Å²) in [4.78, 5) is 14.4. The number of piperazine rings is 1. The van der Waals surface area contributed by atoms with Crippen molar-refractivity contribution < 1.29 is 9.53 Å². The van der Waals surface area contributed by atoms with Gasteiger partial charge in [-0.25, -0.2) is 0 Å². The Labute approximate surface area is 129 Å². The number of amides is 1. The molecule has 2 aliphatic rings. The van der Waals surface area contributed by atoms with Crippen molar-refractivity contribution in [1.82, 2.24) is 10.2 Å². The monoisotopic (exact) mass is 304 g/mol. The lowest BCUT2D eigenvalue weighted by molar-refractivity contribution is -0.149. The fraction of sp³-hybridized carbons (Fsp3) is 0.933. The lowest BCUT2D eigenvalue weighted by Crippen LogP contribution is -2.55. The fourth-order valence-electron chi connectivity index (χ4n) is 3.13. The van der Waals surface area contributed by atoms with E-state index >= 15 is 0 Å². The van der Waals surface area contributed by atoms with Crippen LogP contribution in [-0.2, 0) is 9.53 Å². The molecule has 2 unspecified atom stereocenters. The van der Waals surface area contributed by atoms with E-state index in [1.54, 1.807) is 0 Å². The van der Waals surface area contributed by atoms with E-state index in [1.165, 1.54) is 25.7 Å². The lowest BCUT2D eigenvalue weighted by atomic mass is 10.1. The molecule has 0 aromatic rings. The second kappa shape index (κ2) is 8.85. The van der Waals surface area contributed by atoms with Gasteiger partial charge in [-0.3, -0.25) is 4.79 Å². The molecule has 1 aliphatic carbocycles. The topological polar surface area (TPSA) is 41.6 Å². The molecule has 4 nitrogen and oxygen atoms in total.